The number of hydrogen-bond acceptors (Lipinski definition) is 8. The molecule has 2 amide bonds. The molecule has 5 heterocycles. The van der Waals surface area contributed by atoms with Crippen LogP contribution in [0.25, 0.3) is 22.4 Å². The Morgan fingerprint density at radius 1 is 1.14 bits per heavy atom. The number of ether oxygens (including phenoxy) is 2. The van der Waals surface area contributed by atoms with Crippen LogP contribution < -0.4 is 10.6 Å². The number of carbonyl (C=O) groups excluding carboxylic acids is 2. The zero-order chi connectivity index (χ0) is 35.8. The maximum atomic E-state index is 15.2. The van der Waals surface area contributed by atoms with E-state index in [1.165, 1.54) is 17.0 Å². The lowest BCUT2D eigenvalue weighted by Crippen LogP contribution is -2.51. The first-order valence-electron chi connectivity index (χ1n) is 16.5. The maximum absolute atomic E-state index is 15.2. The Bertz CT molecular complexity index is 1840. The zero-order valence-corrected chi connectivity index (χ0v) is 28.3. The van der Waals surface area contributed by atoms with Gasteiger partial charge in [-0.15, -0.1) is 0 Å². The van der Waals surface area contributed by atoms with E-state index in [1.54, 1.807) is 45.2 Å². The summed E-state index contributed by atoms with van der Waals surface area (Å²) >= 11 is 0. The van der Waals surface area contributed by atoms with E-state index in [4.69, 9.17) is 14.0 Å². The number of carbonyl (C=O) groups is 2. The third kappa shape index (κ3) is 7.90. The van der Waals surface area contributed by atoms with Crippen molar-refractivity contribution in [2.75, 3.05) is 31.6 Å². The van der Waals surface area contributed by atoms with Crippen LogP contribution >= 0.6 is 0 Å². The molecule has 3 aromatic heterocycles. The van der Waals surface area contributed by atoms with Gasteiger partial charge in [-0.1, -0.05) is 11.2 Å². The highest BCUT2D eigenvalue weighted by Gasteiger charge is 2.35. The fourth-order valence-electron chi connectivity index (χ4n) is 6.32. The molecule has 50 heavy (non-hydrogen) atoms. The van der Waals surface area contributed by atoms with E-state index in [0.29, 0.717) is 29.9 Å². The number of rotatable bonds is 8. The van der Waals surface area contributed by atoms with Crippen molar-refractivity contribution in [3.05, 3.63) is 54.2 Å². The highest BCUT2D eigenvalue weighted by atomic mass is 19.4. The number of benzene rings is 1. The van der Waals surface area contributed by atoms with E-state index >= 15 is 4.39 Å². The molecule has 2 atom stereocenters. The summed E-state index contributed by atoms with van der Waals surface area (Å²) in [4.78, 5) is 31.3. The van der Waals surface area contributed by atoms with Gasteiger partial charge in [-0.25, -0.2) is 9.18 Å². The van der Waals surface area contributed by atoms with Crippen LogP contribution in [0.15, 0.2) is 47.2 Å². The summed E-state index contributed by atoms with van der Waals surface area (Å²) in [6.07, 6.45) is -1.15. The standard InChI is InChI=1S/C34H41F4N7O5/c1-32(2,3)49-31(47)43-12-9-23(35)25(19-43)40-24-6-5-7-26-22(24)16-27(45(26)20-34(36,37)38)29-41-28(50-42-29)17-39-30(46)21-8-13-44(18-21)33(4)10-14-48-15-11-33/h5-8,13,16,18,23,25,40H,9-12,14-15,17,19-20H2,1-4H3,(H,39,46)/t23-,25+/m0/s1. The highest BCUT2D eigenvalue weighted by molar-refractivity contribution is 5.96. The molecule has 2 aliphatic heterocycles. The first kappa shape index (κ1) is 35.2. The van der Waals surface area contributed by atoms with Crippen molar-refractivity contribution in [1.29, 1.82) is 0 Å². The molecule has 0 spiro atoms. The van der Waals surface area contributed by atoms with Gasteiger partial charge in [-0.3, -0.25) is 4.79 Å². The summed E-state index contributed by atoms with van der Waals surface area (Å²) in [5, 5.41) is 10.1. The Morgan fingerprint density at radius 2 is 1.90 bits per heavy atom. The van der Waals surface area contributed by atoms with Crippen molar-refractivity contribution >= 4 is 28.6 Å². The Balaban J connectivity index is 1.21. The quantitative estimate of drug-likeness (QED) is 0.206. The summed E-state index contributed by atoms with van der Waals surface area (Å²) in [7, 11) is 0. The second-order valence-corrected chi connectivity index (χ2v) is 14.1. The van der Waals surface area contributed by atoms with Crippen molar-refractivity contribution < 1.29 is 41.1 Å². The Morgan fingerprint density at radius 3 is 2.62 bits per heavy atom. The first-order valence-corrected chi connectivity index (χ1v) is 16.5. The molecule has 0 bridgehead atoms. The molecule has 2 aliphatic rings. The van der Waals surface area contributed by atoms with Gasteiger partial charge in [0, 0.05) is 55.3 Å². The molecule has 2 saturated heterocycles. The lowest BCUT2D eigenvalue weighted by atomic mass is 9.92. The van der Waals surface area contributed by atoms with Crippen LogP contribution in [0.1, 0.15) is 63.2 Å². The molecule has 0 unspecified atom stereocenters. The molecule has 270 valence electrons. The smallest absolute Gasteiger partial charge is 0.410 e. The van der Waals surface area contributed by atoms with Gasteiger partial charge >= 0.3 is 12.3 Å². The zero-order valence-electron chi connectivity index (χ0n) is 28.3. The Hall–Kier alpha value is -4.60. The predicted molar refractivity (Wildman–Crippen MR) is 175 cm³/mol. The van der Waals surface area contributed by atoms with Crippen LogP contribution in [0.2, 0.25) is 0 Å². The number of nitrogens with zero attached hydrogens (tertiary/aromatic N) is 5. The number of nitrogens with one attached hydrogen (secondary N) is 2. The number of amides is 2. The van der Waals surface area contributed by atoms with E-state index in [-0.39, 0.29) is 60.4 Å². The number of anilines is 1. The topological polar surface area (TPSA) is 129 Å². The number of halogens is 4. The summed E-state index contributed by atoms with van der Waals surface area (Å²) in [5.41, 5.74) is 0.149. The van der Waals surface area contributed by atoms with Gasteiger partial charge < -0.3 is 38.7 Å². The van der Waals surface area contributed by atoms with Gasteiger partial charge in [-0.05, 0) is 71.2 Å². The average Bonchev–Trinajstić information content (AvgIpc) is 3.80. The summed E-state index contributed by atoms with van der Waals surface area (Å²) in [6, 6.07) is 7.08. The summed E-state index contributed by atoms with van der Waals surface area (Å²) in [6.45, 7) is 7.29. The monoisotopic (exact) mass is 703 g/mol. The molecular weight excluding hydrogens is 662 g/mol. The maximum Gasteiger partial charge on any atom is 0.410 e. The van der Waals surface area contributed by atoms with Crippen molar-refractivity contribution in [3.8, 4) is 11.5 Å². The molecule has 0 aliphatic carbocycles. The lowest BCUT2D eigenvalue weighted by molar-refractivity contribution is -0.139. The molecule has 16 heteroatoms. The van der Waals surface area contributed by atoms with Crippen molar-refractivity contribution in [1.82, 2.24) is 29.5 Å². The molecule has 6 rings (SSSR count). The van der Waals surface area contributed by atoms with E-state index in [9.17, 15) is 22.8 Å². The molecule has 1 aromatic carbocycles. The van der Waals surface area contributed by atoms with E-state index in [2.05, 4.69) is 27.7 Å². The van der Waals surface area contributed by atoms with Gasteiger partial charge in [0.2, 0.25) is 11.7 Å². The number of aromatic nitrogens is 4. The minimum Gasteiger partial charge on any atom is -0.444 e. The van der Waals surface area contributed by atoms with Crippen LogP contribution in [-0.2, 0) is 28.1 Å². The fraction of sp³-hybridized carbons (Fsp3) is 0.529. The van der Waals surface area contributed by atoms with Crippen LogP contribution in [0, 0.1) is 0 Å². The van der Waals surface area contributed by atoms with Crippen LogP contribution in [0.5, 0.6) is 0 Å². The number of piperidine rings is 1. The lowest BCUT2D eigenvalue weighted by Gasteiger charge is -2.36. The van der Waals surface area contributed by atoms with E-state index in [1.807, 2.05) is 10.8 Å². The van der Waals surface area contributed by atoms with E-state index in [0.717, 1.165) is 17.4 Å². The predicted octanol–water partition coefficient (Wildman–Crippen LogP) is 6.27. The minimum absolute atomic E-state index is 0.00150. The third-order valence-corrected chi connectivity index (χ3v) is 9.05. The molecule has 0 saturated carbocycles. The molecule has 2 N–H and O–H groups in total. The van der Waals surface area contributed by atoms with Crippen LogP contribution in [0.3, 0.4) is 0 Å². The largest absolute Gasteiger partial charge is 0.444 e. The van der Waals surface area contributed by atoms with Crippen molar-refractivity contribution in [2.45, 2.75) is 89.6 Å². The average molecular weight is 704 g/mol. The Kier molecular flexibility index (Phi) is 9.59. The second-order valence-electron chi connectivity index (χ2n) is 14.1. The number of hydrogen-bond donors (Lipinski definition) is 2. The number of alkyl halides is 4. The molecular formula is C34H41F4N7O5. The van der Waals surface area contributed by atoms with Gasteiger partial charge in [0.05, 0.1) is 29.4 Å². The highest BCUT2D eigenvalue weighted by Crippen LogP contribution is 2.35. The molecule has 12 nitrogen and oxygen atoms in total. The first-order chi connectivity index (χ1) is 23.6. The summed E-state index contributed by atoms with van der Waals surface area (Å²) in [5.74, 6) is -0.493. The van der Waals surface area contributed by atoms with Gasteiger partial charge in [-0.2, -0.15) is 18.2 Å². The van der Waals surface area contributed by atoms with Crippen LogP contribution in [0.4, 0.5) is 28.0 Å². The number of likely N-dealkylation sites (tertiary alicyclic amines) is 1. The third-order valence-electron chi connectivity index (χ3n) is 9.05. The van der Waals surface area contributed by atoms with Gasteiger partial charge in [0.1, 0.15) is 18.3 Å². The second kappa shape index (κ2) is 13.6. The van der Waals surface area contributed by atoms with Crippen molar-refractivity contribution in [3.63, 3.8) is 0 Å². The minimum atomic E-state index is -4.59. The summed E-state index contributed by atoms with van der Waals surface area (Å²) < 4.78 is 76.1. The molecule has 0 radical (unpaired) electrons. The fourth-order valence-corrected chi connectivity index (χ4v) is 6.32. The molecule has 2 fully saturated rings. The number of fused-ring (bicyclic) bond motifs is 1. The SMILES string of the molecule is CC(C)(C)OC(=O)N1CC[C@H](F)[C@H](Nc2cccc3c2cc(-c2noc(CNC(=O)c4ccn(C5(C)CCOCC5)c4)n2)n3CC(F)(F)F)C1. The van der Waals surface area contributed by atoms with Gasteiger partial charge in [0.15, 0.2) is 0 Å². The van der Waals surface area contributed by atoms with E-state index < -0.39 is 36.6 Å². The molecule has 4 aromatic rings. The van der Waals surface area contributed by atoms with Crippen molar-refractivity contribution in [2.24, 2.45) is 0 Å². The van der Waals surface area contributed by atoms with Crippen LogP contribution in [-0.4, -0.2) is 86.5 Å². The Labute approximate surface area is 286 Å². The van der Waals surface area contributed by atoms with Gasteiger partial charge in [0.25, 0.3) is 5.91 Å². The normalized spacial score (nSPS) is 19.8.